The largest absolute Gasteiger partial charge is 0.481 e. The zero-order chi connectivity index (χ0) is 13.6. The minimum atomic E-state index is -0.693. The van der Waals surface area contributed by atoms with Gasteiger partial charge in [0.2, 0.25) is 0 Å². The van der Waals surface area contributed by atoms with E-state index in [-0.39, 0.29) is 6.42 Å². The molecule has 2 heteroatoms. The predicted molar refractivity (Wildman–Crippen MR) is 75.7 cm³/mol. The summed E-state index contributed by atoms with van der Waals surface area (Å²) < 4.78 is 0. The molecule has 4 aliphatic rings. The molecule has 2 nitrogen and oxygen atoms in total. The summed E-state index contributed by atoms with van der Waals surface area (Å²) in [6.45, 7) is 4.47. The molecule has 0 amide bonds. The van der Waals surface area contributed by atoms with E-state index in [0.717, 1.165) is 23.7 Å². The third-order valence-corrected chi connectivity index (χ3v) is 5.79. The maximum Gasteiger partial charge on any atom is 0.307 e. The highest BCUT2D eigenvalue weighted by atomic mass is 16.4. The highest BCUT2D eigenvalue weighted by Gasteiger charge is 2.49. The summed E-state index contributed by atoms with van der Waals surface area (Å²) in [5.41, 5.74) is 1.45. The Morgan fingerprint density at radius 2 is 1.63 bits per heavy atom. The first-order valence-electron chi connectivity index (χ1n) is 7.96. The molecule has 0 unspecified atom stereocenters. The van der Waals surface area contributed by atoms with E-state index in [4.69, 9.17) is 5.11 Å². The molecule has 0 aliphatic heterocycles. The number of carboxylic acids is 1. The number of carboxylic acid groups (broad SMARTS) is 1. The van der Waals surface area contributed by atoms with Crippen LogP contribution in [0.3, 0.4) is 0 Å². The Kier molecular flexibility index (Phi) is 3.44. The van der Waals surface area contributed by atoms with Gasteiger partial charge in [0.25, 0.3) is 0 Å². The first-order chi connectivity index (χ1) is 9.04. The molecule has 4 aliphatic carbocycles. The molecule has 106 valence electrons. The number of hydrogen-bond acceptors (Lipinski definition) is 1. The normalized spacial score (nSPS) is 41.0. The van der Waals surface area contributed by atoms with Gasteiger partial charge in [-0.25, -0.2) is 0 Å². The Hall–Kier alpha value is -0.790. The monoisotopic (exact) mass is 262 g/mol. The fourth-order valence-corrected chi connectivity index (χ4v) is 5.43. The highest BCUT2D eigenvalue weighted by Crippen LogP contribution is 2.59. The van der Waals surface area contributed by atoms with Crippen molar-refractivity contribution in [2.45, 2.75) is 52.4 Å². The summed E-state index contributed by atoms with van der Waals surface area (Å²) in [6.07, 6.45) is 9.37. The van der Waals surface area contributed by atoms with Crippen LogP contribution in [0.15, 0.2) is 11.6 Å². The fourth-order valence-electron chi connectivity index (χ4n) is 5.43. The molecule has 0 aromatic carbocycles. The summed E-state index contributed by atoms with van der Waals surface area (Å²) in [5, 5.41) is 8.95. The summed E-state index contributed by atoms with van der Waals surface area (Å²) in [6, 6.07) is 0. The summed E-state index contributed by atoms with van der Waals surface area (Å²) in [4.78, 5) is 10.9. The molecule has 0 heterocycles. The molecule has 0 radical (unpaired) electrons. The topological polar surface area (TPSA) is 37.3 Å². The van der Waals surface area contributed by atoms with E-state index < -0.39 is 5.97 Å². The molecular weight excluding hydrogens is 236 g/mol. The van der Waals surface area contributed by atoms with Crippen LogP contribution in [0.2, 0.25) is 0 Å². The summed E-state index contributed by atoms with van der Waals surface area (Å²) in [5.74, 6) is 4.21. The van der Waals surface area contributed by atoms with E-state index in [1.165, 1.54) is 37.7 Å². The summed E-state index contributed by atoms with van der Waals surface area (Å²) >= 11 is 0. The standard InChI is InChI=1S/C17H26O2/c1-10(2)15(3-4-16(18)19)17-13-6-11-5-12(8-13)9-14(17)7-11/h3,10-14,17H,4-9H2,1-2H3,(H,18,19)/b15-3+. The van der Waals surface area contributed by atoms with Gasteiger partial charge in [0, 0.05) is 0 Å². The minimum Gasteiger partial charge on any atom is -0.481 e. The maximum absolute atomic E-state index is 10.9. The smallest absolute Gasteiger partial charge is 0.307 e. The zero-order valence-corrected chi connectivity index (χ0v) is 12.1. The molecule has 0 aromatic heterocycles. The Balaban J connectivity index is 1.82. The van der Waals surface area contributed by atoms with Crippen LogP contribution in [0.4, 0.5) is 0 Å². The molecule has 4 fully saturated rings. The molecular formula is C17H26O2. The van der Waals surface area contributed by atoms with Crippen LogP contribution in [-0.4, -0.2) is 11.1 Å². The van der Waals surface area contributed by atoms with E-state index >= 15 is 0 Å². The Bertz CT molecular complexity index is 366. The zero-order valence-electron chi connectivity index (χ0n) is 12.1. The Morgan fingerprint density at radius 1 is 1.11 bits per heavy atom. The van der Waals surface area contributed by atoms with Gasteiger partial charge in [-0.15, -0.1) is 0 Å². The molecule has 19 heavy (non-hydrogen) atoms. The first-order valence-corrected chi connectivity index (χ1v) is 7.96. The van der Waals surface area contributed by atoms with E-state index in [9.17, 15) is 4.79 Å². The lowest BCUT2D eigenvalue weighted by Crippen LogP contribution is -2.46. The van der Waals surface area contributed by atoms with Crippen LogP contribution >= 0.6 is 0 Å². The van der Waals surface area contributed by atoms with Crippen molar-refractivity contribution in [3.8, 4) is 0 Å². The van der Waals surface area contributed by atoms with E-state index in [1.54, 1.807) is 0 Å². The van der Waals surface area contributed by atoms with Crippen LogP contribution in [0, 0.1) is 35.5 Å². The van der Waals surface area contributed by atoms with Gasteiger partial charge in [-0.3, -0.25) is 4.79 Å². The third-order valence-electron chi connectivity index (χ3n) is 5.79. The van der Waals surface area contributed by atoms with Crippen molar-refractivity contribution in [3.63, 3.8) is 0 Å². The van der Waals surface area contributed by atoms with Gasteiger partial charge in [0.05, 0.1) is 6.42 Å². The van der Waals surface area contributed by atoms with E-state index in [1.807, 2.05) is 6.08 Å². The van der Waals surface area contributed by atoms with E-state index in [0.29, 0.717) is 11.8 Å². The number of hydrogen-bond donors (Lipinski definition) is 1. The van der Waals surface area contributed by atoms with E-state index in [2.05, 4.69) is 13.8 Å². The quantitative estimate of drug-likeness (QED) is 0.774. The Morgan fingerprint density at radius 3 is 2.05 bits per heavy atom. The molecule has 4 bridgehead atoms. The first kappa shape index (κ1) is 13.2. The van der Waals surface area contributed by atoms with Crippen molar-refractivity contribution < 1.29 is 9.90 Å². The molecule has 0 spiro atoms. The number of aliphatic carboxylic acids is 1. The van der Waals surface area contributed by atoms with Crippen molar-refractivity contribution in [1.82, 2.24) is 0 Å². The van der Waals surface area contributed by atoms with Crippen LogP contribution in [0.25, 0.3) is 0 Å². The number of allylic oxidation sites excluding steroid dienone is 1. The van der Waals surface area contributed by atoms with Crippen LogP contribution < -0.4 is 0 Å². The van der Waals surface area contributed by atoms with Crippen molar-refractivity contribution in [2.75, 3.05) is 0 Å². The van der Waals surface area contributed by atoms with Crippen molar-refractivity contribution >= 4 is 5.97 Å². The lowest BCUT2D eigenvalue weighted by molar-refractivity contribution is -0.136. The predicted octanol–water partition coefficient (Wildman–Crippen LogP) is 4.12. The molecule has 0 saturated heterocycles. The van der Waals surface area contributed by atoms with Gasteiger partial charge in [-0.05, 0) is 67.6 Å². The average molecular weight is 262 g/mol. The fraction of sp³-hybridized carbons (Fsp3) is 0.824. The lowest BCUT2D eigenvalue weighted by Gasteiger charge is -2.55. The number of rotatable bonds is 4. The highest BCUT2D eigenvalue weighted by molar-refractivity contribution is 5.68. The van der Waals surface area contributed by atoms with Crippen molar-refractivity contribution in [3.05, 3.63) is 11.6 Å². The second-order valence-corrected chi connectivity index (χ2v) is 7.41. The molecule has 4 rings (SSSR count). The second kappa shape index (κ2) is 4.96. The van der Waals surface area contributed by atoms with Gasteiger partial charge in [-0.2, -0.15) is 0 Å². The lowest BCUT2D eigenvalue weighted by atomic mass is 9.50. The van der Waals surface area contributed by atoms with Crippen LogP contribution in [0.1, 0.15) is 52.4 Å². The average Bonchev–Trinajstić information content (AvgIpc) is 2.30. The van der Waals surface area contributed by atoms with Crippen LogP contribution in [0.5, 0.6) is 0 Å². The van der Waals surface area contributed by atoms with Crippen LogP contribution in [-0.2, 0) is 4.79 Å². The van der Waals surface area contributed by atoms with Gasteiger partial charge < -0.3 is 5.11 Å². The SMILES string of the molecule is CC(C)/C(=C\CC(=O)O)C1C2CC3CC(C2)CC1C3. The molecule has 0 atom stereocenters. The van der Waals surface area contributed by atoms with Crippen molar-refractivity contribution in [2.24, 2.45) is 35.5 Å². The molecule has 0 aromatic rings. The van der Waals surface area contributed by atoms with Gasteiger partial charge in [0.1, 0.15) is 0 Å². The summed E-state index contributed by atoms with van der Waals surface area (Å²) in [7, 11) is 0. The second-order valence-electron chi connectivity index (χ2n) is 7.41. The molecule has 1 N–H and O–H groups in total. The van der Waals surface area contributed by atoms with Gasteiger partial charge >= 0.3 is 5.97 Å². The van der Waals surface area contributed by atoms with Gasteiger partial charge in [0.15, 0.2) is 0 Å². The Labute approximate surface area is 116 Å². The maximum atomic E-state index is 10.9. The minimum absolute atomic E-state index is 0.205. The number of carbonyl (C=O) groups is 1. The molecule has 4 saturated carbocycles. The third kappa shape index (κ3) is 2.46. The van der Waals surface area contributed by atoms with Crippen molar-refractivity contribution in [1.29, 1.82) is 0 Å². The van der Waals surface area contributed by atoms with Gasteiger partial charge in [-0.1, -0.05) is 25.5 Å².